The monoisotopic (exact) mass is 387 g/mol. The smallest absolute Gasteiger partial charge is 0.273 e. The summed E-state index contributed by atoms with van der Waals surface area (Å²) in [5.74, 6) is 2.25. The Morgan fingerprint density at radius 3 is 2.41 bits per heavy atom. The van der Waals surface area contributed by atoms with Crippen molar-refractivity contribution in [3.8, 4) is 11.3 Å². The summed E-state index contributed by atoms with van der Waals surface area (Å²) in [6, 6.07) is 6.63. The second-order valence-corrected chi connectivity index (χ2v) is 8.92. The summed E-state index contributed by atoms with van der Waals surface area (Å²) in [6.07, 6.45) is 6.30. The minimum absolute atomic E-state index is 0.186. The van der Waals surface area contributed by atoms with Crippen LogP contribution in [0.15, 0.2) is 24.3 Å². The molecule has 27 heavy (non-hydrogen) atoms. The molecule has 1 heterocycles. The lowest BCUT2D eigenvalue weighted by Crippen LogP contribution is -2.55. The van der Waals surface area contributed by atoms with Gasteiger partial charge in [-0.1, -0.05) is 23.7 Å². The van der Waals surface area contributed by atoms with Crippen LogP contribution in [0, 0.1) is 29.5 Å². The fourth-order valence-electron chi connectivity index (χ4n) is 5.97. The lowest BCUT2D eigenvalue weighted by Gasteiger charge is -2.54. The highest BCUT2D eigenvalue weighted by Crippen LogP contribution is 2.53. The van der Waals surface area contributed by atoms with Gasteiger partial charge in [0.15, 0.2) is 5.69 Å². The zero-order valence-electron chi connectivity index (χ0n) is 15.3. The molecule has 6 heteroatoms. The molecule has 0 unspecified atom stereocenters. The van der Waals surface area contributed by atoms with Gasteiger partial charge in [0.05, 0.1) is 10.7 Å². The number of nitrogens with one attached hydrogen (secondary N) is 1. The van der Waals surface area contributed by atoms with Crippen LogP contribution in [-0.4, -0.2) is 21.7 Å². The molecule has 4 nitrogen and oxygen atoms in total. The van der Waals surface area contributed by atoms with Crippen molar-refractivity contribution >= 4 is 17.5 Å². The van der Waals surface area contributed by atoms with E-state index in [2.05, 4.69) is 10.4 Å². The third kappa shape index (κ3) is 2.78. The van der Waals surface area contributed by atoms with Crippen molar-refractivity contribution in [3.63, 3.8) is 0 Å². The molecule has 0 aliphatic heterocycles. The van der Waals surface area contributed by atoms with E-state index < -0.39 is 0 Å². The standard InChI is InChI=1S/C21H23ClFN3O/c1-26-20(15-4-2-3-5-16(15)23)17(22)19(25-26)21(27)24-18-13-7-11-6-12(9-13)10-14(18)8-11/h2-5,11-14,18H,6-10H2,1H3,(H,24,27). The van der Waals surface area contributed by atoms with Gasteiger partial charge in [0.1, 0.15) is 5.82 Å². The van der Waals surface area contributed by atoms with Crippen LogP contribution in [0.5, 0.6) is 0 Å². The Kier molecular flexibility index (Phi) is 4.04. The number of amides is 1. The van der Waals surface area contributed by atoms with Crippen LogP contribution in [-0.2, 0) is 7.05 Å². The SMILES string of the molecule is Cn1nc(C(=O)NC2C3CC4CC(C3)CC2C4)c(Cl)c1-c1ccccc1F. The lowest BCUT2D eigenvalue weighted by atomic mass is 9.54. The zero-order chi connectivity index (χ0) is 18.7. The summed E-state index contributed by atoms with van der Waals surface area (Å²) < 4.78 is 15.7. The molecule has 1 N–H and O–H groups in total. The third-order valence-corrected chi connectivity index (χ3v) is 7.22. The van der Waals surface area contributed by atoms with Crippen molar-refractivity contribution < 1.29 is 9.18 Å². The van der Waals surface area contributed by atoms with Crippen molar-refractivity contribution in [3.05, 3.63) is 40.8 Å². The van der Waals surface area contributed by atoms with Gasteiger partial charge in [0, 0.05) is 18.7 Å². The third-order valence-electron chi connectivity index (χ3n) is 6.86. The molecule has 4 saturated carbocycles. The van der Waals surface area contributed by atoms with Crippen LogP contribution in [0.2, 0.25) is 5.02 Å². The van der Waals surface area contributed by atoms with Gasteiger partial charge in [0.25, 0.3) is 5.91 Å². The van der Waals surface area contributed by atoms with Crippen LogP contribution >= 0.6 is 11.6 Å². The summed E-state index contributed by atoms with van der Waals surface area (Å²) >= 11 is 6.49. The number of benzene rings is 1. The van der Waals surface area contributed by atoms with Gasteiger partial charge in [-0.3, -0.25) is 9.48 Å². The first-order valence-electron chi connectivity index (χ1n) is 9.79. The van der Waals surface area contributed by atoms with Gasteiger partial charge in [0.2, 0.25) is 0 Å². The molecule has 0 saturated heterocycles. The molecular weight excluding hydrogens is 365 g/mol. The number of rotatable bonds is 3. The number of halogens is 2. The summed E-state index contributed by atoms with van der Waals surface area (Å²) in [7, 11) is 1.69. The van der Waals surface area contributed by atoms with Crippen molar-refractivity contribution in [2.24, 2.45) is 30.7 Å². The molecule has 1 aromatic carbocycles. The Morgan fingerprint density at radius 2 is 1.78 bits per heavy atom. The van der Waals surface area contributed by atoms with E-state index in [0.29, 0.717) is 23.1 Å². The molecule has 1 amide bonds. The molecule has 4 fully saturated rings. The average Bonchev–Trinajstić information content (AvgIpc) is 2.92. The Labute approximate surface area is 163 Å². The molecule has 6 rings (SSSR count). The van der Waals surface area contributed by atoms with Crippen LogP contribution in [0.25, 0.3) is 11.3 Å². The fourth-order valence-corrected chi connectivity index (χ4v) is 6.32. The van der Waals surface area contributed by atoms with E-state index in [1.165, 1.54) is 42.9 Å². The Morgan fingerprint density at radius 1 is 1.15 bits per heavy atom. The maximum absolute atomic E-state index is 14.2. The summed E-state index contributed by atoms with van der Waals surface area (Å²) in [4.78, 5) is 13.0. The molecule has 4 aliphatic carbocycles. The highest BCUT2D eigenvalue weighted by Gasteiger charge is 2.48. The van der Waals surface area contributed by atoms with Crippen molar-refractivity contribution in [1.29, 1.82) is 0 Å². The average molecular weight is 388 g/mol. The Bertz CT molecular complexity index is 881. The van der Waals surface area contributed by atoms with Gasteiger partial charge in [-0.05, 0) is 67.9 Å². The Balaban J connectivity index is 1.42. The van der Waals surface area contributed by atoms with E-state index in [9.17, 15) is 9.18 Å². The first-order valence-corrected chi connectivity index (χ1v) is 10.2. The Hall–Kier alpha value is -1.88. The molecule has 0 radical (unpaired) electrons. The van der Waals surface area contributed by atoms with Crippen molar-refractivity contribution in [2.75, 3.05) is 0 Å². The van der Waals surface area contributed by atoms with Gasteiger partial charge < -0.3 is 5.32 Å². The number of carbonyl (C=O) groups is 1. The van der Waals surface area contributed by atoms with Crippen LogP contribution < -0.4 is 5.32 Å². The maximum Gasteiger partial charge on any atom is 0.273 e. The number of nitrogens with zero attached hydrogens (tertiary/aromatic N) is 2. The van der Waals surface area contributed by atoms with Gasteiger partial charge >= 0.3 is 0 Å². The first-order chi connectivity index (χ1) is 13.0. The quantitative estimate of drug-likeness (QED) is 0.846. The molecule has 0 spiro atoms. The van der Waals surface area contributed by atoms with Crippen LogP contribution in [0.4, 0.5) is 4.39 Å². The highest BCUT2D eigenvalue weighted by atomic mass is 35.5. The number of aromatic nitrogens is 2. The summed E-state index contributed by atoms with van der Waals surface area (Å²) in [5, 5.41) is 7.76. The van der Waals surface area contributed by atoms with E-state index in [1.54, 1.807) is 25.2 Å². The van der Waals surface area contributed by atoms with Crippen molar-refractivity contribution in [1.82, 2.24) is 15.1 Å². The largest absolute Gasteiger partial charge is 0.347 e. The molecule has 4 aliphatic rings. The predicted octanol–water partition coefficient (Wildman–Crippen LogP) is 4.43. The minimum atomic E-state index is -0.379. The fraction of sp³-hybridized carbons (Fsp3) is 0.524. The van der Waals surface area contributed by atoms with E-state index in [1.807, 2.05) is 0 Å². The van der Waals surface area contributed by atoms with E-state index in [0.717, 1.165) is 11.8 Å². The molecule has 4 bridgehead atoms. The number of aryl methyl sites for hydroxylation is 1. The van der Waals surface area contributed by atoms with E-state index in [4.69, 9.17) is 11.6 Å². The zero-order valence-corrected chi connectivity index (χ0v) is 16.0. The number of hydrogen-bond donors (Lipinski definition) is 1. The lowest BCUT2D eigenvalue weighted by molar-refractivity contribution is -0.0120. The molecule has 2 aromatic rings. The minimum Gasteiger partial charge on any atom is -0.347 e. The molecule has 1 aromatic heterocycles. The molecular formula is C21H23ClFN3O. The normalized spacial score (nSPS) is 31.3. The second-order valence-electron chi connectivity index (χ2n) is 8.54. The van der Waals surface area contributed by atoms with Crippen LogP contribution in [0.3, 0.4) is 0 Å². The van der Waals surface area contributed by atoms with Crippen molar-refractivity contribution in [2.45, 2.75) is 38.1 Å². The molecule has 142 valence electrons. The van der Waals surface area contributed by atoms with E-state index in [-0.39, 0.29) is 28.5 Å². The summed E-state index contributed by atoms with van der Waals surface area (Å²) in [6.45, 7) is 0. The molecule has 0 atom stereocenters. The van der Waals surface area contributed by atoms with Crippen LogP contribution in [0.1, 0.15) is 42.6 Å². The second kappa shape index (κ2) is 6.33. The predicted molar refractivity (Wildman–Crippen MR) is 102 cm³/mol. The number of hydrogen-bond acceptors (Lipinski definition) is 2. The topological polar surface area (TPSA) is 46.9 Å². The first kappa shape index (κ1) is 17.2. The van der Waals surface area contributed by atoms with Gasteiger partial charge in [-0.2, -0.15) is 5.10 Å². The summed E-state index contributed by atoms with van der Waals surface area (Å²) in [5.41, 5.74) is 0.974. The maximum atomic E-state index is 14.2. The number of carbonyl (C=O) groups excluding carboxylic acids is 1. The van der Waals surface area contributed by atoms with E-state index >= 15 is 0 Å². The van der Waals surface area contributed by atoms with Gasteiger partial charge in [-0.15, -0.1) is 0 Å². The van der Waals surface area contributed by atoms with Gasteiger partial charge in [-0.25, -0.2) is 4.39 Å². The highest BCUT2D eigenvalue weighted by molar-refractivity contribution is 6.36.